The van der Waals surface area contributed by atoms with Crippen LogP contribution in [0.4, 0.5) is 5.69 Å². The Morgan fingerprint density at radius 2 is 1.88 bits per heavy atom. The molecule has 3 saturated heterocycles. The van der Waals surface area contributed by atoms with Crippen molar-refractivity contribution >= 4 is 35.1 Å². The second-order valence-corrected chi connectivity index (χ2v) is 12.0. The topological polar surface area (TPSA) is 96.4 Å². The molecule has 1 spiro atoms. The number of carbonyl (C=O) groups excluding carboxylic acids is 3. The molecule has 2 aromatic rings. The zero-order valence-corrected chi connectivity index (χ0v) is 24.7. The van der Waals surface area contributed by atoms with E-state index in [1.807, 2.05) is 44.2 Å². The molecule has 3 aliphatic heterocycles. The van der Waals surface area contributed by atoms with Gasteiger partial charge in [0.05, 0.1) is 24.2 Å². The van der Waals surface area contributed by atoms with Gasteiger partial charge in [0, 0.05) is 17.3 Å². The van der Waals surface area contributed by atoms with Gasteiger partial charge < -0.3 is 24.4 Å². The predicted octanol–water partition coefficient (Wildman–Crippen LogP) is 4.20. The number of nitrogens with zero attached hydrogens (tertiary/aromatic N) is 2. The summed E-state index contributed by atoms with van der Waals surface area (Å²) in [7, 11) is 0. The Hall–Kier alpha value is -3.46. The van der Waals surface area contributed by atoms with Gasteiger partial charge in [0.1, 0.15) is 24.2 Å². The van der Waals surface area contributed by atoms with Crippen LogP contribution in [0.15, 0.2) is 79.9 Å². The fourth-order valence-electron chi connectivity index (χ4n) is 7.30. The highest BCUT2D eigenvalue weighted by molar-refractivity contribution is 6.30. The van der Waals surface area contributed by atoms with Crippen molar-refractivity contribution in [2.75, 3.05) is 24.7 Å². The molecule has 3 aliphatic rings. The maximum absolute atomic E-state index is 14.8. The molecule has 3 fully saturated rings. The summed E-state index contributed by atoms with van der Waals surface area (Å²) in [4.78, 5) is 45.9. The van der Waals surface area contributed by atoms with Crippen molar-refractivity contribution in [1.82, 2.24) is 4.90 Å². The Labute approximate surface area is 251 Å². The summed E-state index contributed by atoms with van der Waals surface area (Å²) in [6.07, 6.45) is 3.80. The minimum Gasteiger partial charge on any atom is -0.461 e. The average Bonchev–Trinajstić information content (AvgIpc) is 3.50. The number of benzene rings is 2. The molecule has 7 atom stereocenters. The van der Waals surface area contributed by atoms with Gasteiger partial charge in [-0.1, -0.05) is 67.6 Å². The molecule has 2 amide bonds. The summed E-state index contributed by atoms with van der Waals surface area (Å²) >= 11 is 6.14. The average molecular weight is 593 g/mol. The first kappa shape index (κ1) is 30.0. The number of likely N-dealkylation sites (tertiary alicyclic amines) is 1. The maximum atomic E-state index is 14.8. The highest BCUT2D eigenvalue weighted by Gasteiger charge is 2.80. The second kappa shape index (κ2) is 11.7. The number of aliphatic hydroxyl groups excluding tert-OH is 1. The van der Waals surface area contributed by atoms with E-state index in [1.165, 1.54) is 11.0 Å². The molecule has 5 rings (SSSR count). The van der Waals surface area contributed by atoms with Gasteiger partial charge in [0.15, 0.2) is 0 Å². The molecule has 2 aromatic carbocycles. The van der Waals surface area contributed by atoms with Gasteiger partial charge >= 0.3 is 5.97 Å². The summed E-state index contributed by atoms with van der Waals surface area (Å²) in [5.74, 6) is -3.35. The smallest absolute Gasteiger partial charge is 0.313 e. The molecule has 0 saturated carbocycles. The van der Waals surface area contributed by atoms with Crippen molar-refractivity contribution in [2.45, 2.75) is 50.0 Å². The van der Waals surface area contributed by atoms with Crippen molar-refractivity contribution in [1.29, 1.82) is 0 Å². The number of esters is 1. The molecular formula is C33H37ClN2O6. The number of hydrogen-bond donors (Lipinski definition) is 1. The normalized spacial score (nSPS) is 30.1. The van der Waals surface area contributed by atoms with E-state index in [2.05, 4.69) is 13.2 Å². The van der Waals surface area contributed by atoms with Crippen LogP contribution in [0.2, 0.25) is 5.02 Å². The van der Waals surface area contributed by atoms with Crippen LogP contribution in [0.25, 0.3) is 0 Å². The van der Waals surface area contributed by atoms with E-state index in [4.69, 9.17) is 21.1 Å². The van der Waals surface area contributed by atoms with Gasteiger partial charge in [-0.15, -0.1) is 6.58 Å². The summed E-state index contributed by atoms with van der Waals surface area (Å²) in [5.41, 5.74) is -0.830. The van der Waals surface area contributed by atoms with Gasteiger partial charge in [-0.25, -0.2) is 0 Å². The Bertz CT molecular complexity index is 1370. The highest BCUT2D eigenvalue weighted by Crippen LogP contribution is 2.65. The standard InChI is InChI=1S/C33H37ClN2O6/c1-5-16-35(24-14-12-23(34)13-15-24)30(39)28-33-19-21(3)32(4,42-33)27(31(40)41-17-6-2)26(33)29(38)36(28)25(20-37)18-22-10-8-7-9-11-22/h5-15,21,25-28,37H,1-2,16-20H2,3-4H3/t21?,25-,26+,27+,28?,32-,33?/m1/s1. The van der Waals surface area contributed by atoms with E-state index in [-0.39, 0.29) is 31.6 Å². The monoisotopic (exact) mass is 592 g/mol. The molecule has 0 aromatic heterocycles. The van der Waals surface area contributed by atoms with Crippen LogP contribution < -0.4 is 4.90 Å². The second-order valence-electron chi connectivity index (χ2n) is 11.6. The van der Waals surface area contributed by atoms with Gasteiger partial charge in [0.25, 0.3) is 5.91 Å². The third-order valence-corrected chi connectivity index (χ3v) is 9.47. The van der Waals surface area contributed by atoms with E-state index >= 15 is 0 Å². The fraction of sp³-hybridized carbons (Fsp3) is 0.424. The third kappa shape index (κ3) is 4.75. The van der Waals surface area contributed by atoms with Crippen molar-refractivity contribution in [3.63, 3.8) is 0 Å². The molecule has 0 radical (unpaired) electrons. The van der Waals surface area contributed by atoms with Crippen LogP contribution in [0, 0.1) is 17.8 Å². The van der Waals surface area contributed by atoms with E-state index in [0.29, 0.717) is 23.6 Å². The molecule has 8 nitrogen and oxygen atoms in total. The number of ether oxygens (including phenoxy) is 2. The Balaban J connectivity index is 1.64. The zero-order valence-electron chi connectivity index (χ0n) is 23.9. The number of amides is 2. The lowest BCUT2D eigenvalue weighted by Crippen LogP contribution is -2.59. The van der Waals surface area contributed by atoms with Crippen LogP contribution in [0.5, 0.6) is 0 Å². The SMILES string of the molecule is C=CCOC(=O)[C@@H]1[C@H]2C(=O)N([C@@H](CO)Cc3ccccc3)C(C(=O)N(CC=C)c3ccc(Cl)cc3)C23CC(C)[C@@]1(C)O3. The van der Waals surface area contributed by atoms with Crippen LogP contribution in [0.1, 0.15) is 25.8 Å². The molecule has 222 valence electrons. The molecule has 3 unspecified atom stereocenters. The summed E-state index contributed by atoms with van der Waals surface area (Å²) in [6.45, 7) is 11.1. The zero-order chi connectivity index (χ0) is 30.2. The minimum atomic E-state index is -1.30. The van der Waals surface area contributed by atoms with E-state index < -0.39 is 47.0 Å². The first-order valence-corrected chi connectivity index (χ1v) is 14.6. The lowest BCUT2D eigenvalue weighted by molar-refractivity contribution is -0.161. The molecular weight excluding hydrogens is 556 g/mol. The number of aliphatic hydroxyl groups is 1. The van der Waals surface area contributed by atoms with E-state index in [0.717, 1.165) is 5.56 Å². The van der Waals surface area contributed by atoms with Crippen LogP contribution in [-0.2, 0) is 30.3 Å². The van der Waals surface area contributed by atoms with Crippen molar-refractivity contribution in [3.8, 4) is 0 Å². The number of hydrogen-bond acceptors (Lipinski definition) is 6. The van der Waals surface area contributed by atoms with Crippen LogP contribution in [-0.4, -0.2) is 70.8 Å². The maximum Gasteiger partial charge on any atom is 0.313 e. The Morgan fingerprint density at radius 1 is 1.19 bits per heavy atom. The molecule has 0 aliphatic carbocycles. The van der Waals surface area contributed by atoms with Crippen molar-refractivity contribution < 1.29 is 29.0 Å². The highest BCUT2D eigenvalue weighted by atomic mass is 35.5. The quantitative estimate of drug-likeness (QED) is 0.310. The first-order chi connectivity index (χ1) is 20.1. The third-order valence-electron chi connectivity index (χ3n) is 9.22. The lowest BCUT2D eigenvalue weighted by atomic mass is 9.62. The number of halogens is 1. The summed E-state index contributed by atoms with van der Waals surface area (Å²) < 4.78 is 12.3. The number of fused-ring (bicyclic) bond motifs is 1. The largest absolute Gasteiger partial charge is 0.461 e. The van der Waals surface area contributed by atoms with E-state index in [9.17, 15) is 19.5 Å². The summed E-state index contributed by atoms with van der Waals surface area (Å²) in [5, 5.41) is 11.2. The molecule has 2 bridgehead atoms. The molecule has 9 heteroatoms. The molecule has 42 heavy (non-hydrogen) atoms. The van der Waals surface area contributed by atoms with E-state index in [1.54, 1.807) is 35.2 Å². The summed E-state index contributed by atoms with van der Waals surface area (Å²) in [6, 6.07) is 14.5. The lowest BCUT2D eigenvalue weighted by Gasteiger charge is -2.39. The minimum absolute atomic E-state index is 0.00324. The number of carbonyl (C=O) groups is 3. The van der Waals surface area contributed by atoms with Gasteiger partial charge in [0.2, 0.25) is 5.91 Å². The number of rotatable bonds is 11. The molecule has 1 N–H and O–H groups in total. The van der Waals surface area contributed by atoms with Crippen molar-refractivity contribution in [3.05, 3.63) is 90.5 Å². The van der Waals surface area contributed by atoms with Gasteiger partial charge in [-0.3, -0.25) is 14.4 Å². The van der Waals surface area contributed by atoms with Gasteiger partial charge in [-0.2, -0.15) is 0 Å². The first-order valence-electron chi connectivity index (χ1n) is 14.3. The predicted molar refractivity (Wildman–Crippen MR) is 160 cm³/mol. The number of anilines is 1. The van der Waals surface area contributed by atoms with Crippen LogP contribution in [0.3, 0.4) is 0 Å². The molecule has 3 heterocycles. The Morgan fingerprint density at radius 3 is 2.50 bits per heavy atom. The fourth-order valence-corrected chi connectivity index (χ4v) is 7.42. The Kier molecular flexibility index (Phi) is 8.34. The van der Waals surface area contributed by atoms with Crippen molar-refractivity contribution in [2.24, 2.45) is 17.8 Å². The van der Waals surface area contributed by atoms with Crippen LogP contribution >= 0.6 is 11.6 Å². The van der Waals surface area contributed by atoms with Gasteiger partial charge in [-0.05, 0) is 55.5 Å².